The number of carbonyl (C=O) groups excluding carboxylic acids is 3. The van der Waals surface area contributed by atoms with Crippen LogP contribution in [0, 0.1) is 11.3 Å². The number of ether oxygens (including phenoxy) is 1. The Bertz CT molecular complexity index is 828. The van der Waals surface area contributed by atoms with E-state index < -0.39 is 17.5 Å². The highest BCUT2D eigenvalue weighted by atomic mass is 16.5. The second-order valence-electron chi connectivity index (χ2n) is 9.41. The molecule has 1 aromatic carbocycles. The SMILES string of the molecule is CCCOc1ccccc1NC(=O)CN1C(=O)NC2(CCC(C(C)(C)CC)CC2)C1=O. The first-order chi connectivity index (χ1) is 14.7. The molecular formula is C24H35N3O4. The number of benzene rings is 1. The first kappa shape index (κ1) is 23.1. The molecular weight excluding hydrogens is 394 g/mol. The van der Waals surface area contributed by atoms with Crippen LogP contribution in [0.1, 0.15) is 66.2 Å². The molecule has 1 saturated carbocycles. The second kappa shape index (κ2) is 9.28. The van der Waals surface area contributed by atoms with E-state index in [0.29, 0.717) is 36.8 Å². The molecule has 0 bridgehead atoms. The average Bonchev–Trinajstić information content (AvgIpc) is 2.97. The summed E-state index contributed by atoms with van der Waals surface area (Å²) >= 11 is 0. The lowest BCUT2D eigenvalue weighted by molar-refractivity contribution is -0.135. The van der Waals surface area contributed by atoms with Gasteiger partial charge in [-0.3, -0.25) is 14.5 Å². The van der Waals surface area contributed by atoms with Crippen molar-refractivity contribution in [1.29, 1.82) is 0 Å². The lowest BCUT2D eigenvalue weighted by atomic mass is 9.65. The normalized spacial score (nSPS) is 23.7. The molecule has 2 aliphatic rings. The summed E-state index contributed by atoms with van der Waals surface area (Å²) < 4.78 is 5.66. The Hall–Kier alpha value is -2.57. The predicted molar refractivity (Wildman–Crippen MR) is 120 cm³/mol. The Kier molecular flexibility index (Phi) is 6.92. The Balaban J connectivity index is 1.63. The molecule has 1 aromatic rings. The van der Waals surface area contributed by atoms with Crippen molar-refractivity contribution in [2.75, 3.05) is 18.5 Å². The van der Waals surface area contributed by atoms with Gasteiger partial charge in [-0.05, 0) is 55.6 Å². The standard InChI is InChI=1S/C24H35N3O4/c1-5-15-31-19-10-8-7-9-18(19)25-20(28)16-27-21(29)24(26-22(27)30)13-11-17(12-14-24)23(3,4)6-2/h7-10,17H,5-6,11-16H2,1-4H3,(H,25,28)(H,26,30). The van der Waals surface area contributed by atoms with Crippen molar-refractivity contribution in [1.82, 2.24) is 10.2 Å². The molecule has 0 unspecified atom stereocenters. The van der Waals surface area contributed by atoms with Gasteiger partial charge in [-0.2, -0.15) is 0 Å². The third-order valence-electron chi connectivity index (χ3n) is 7.03. The molecule has 0 aromatic heterocycles. The number of para-hydroxylation sites is 2. The predicted octanol–water partition coefficient (Wildman–Crippen LogP) is 4.33. The number of imide groups is 1. The van der Waals surface area contributed by atoms with Crippen molar-refractivity contribution in [3.05, 3.63) is 24.3 Å². The minimum absolute atomic E-state index is 0.222. The van der Waals surface area contributed by atoms with Gasteiger partial charge in [-0.15, -0.1) is 0 Å². The molecule has 0 radical (unpaired) electrons. The van der Waals surface area contributed by atoms with E-state index in [4.69, 9.17) is 4.74 Å². The summed E-state index contributed by atoms with van der Waals surface area (Å²) in [7, 11) is 0. The molecule has 4 amide bonds. The molecule has 7 nitrogen and oxygen atoms in total. The van der Waals surface area contributed by atoms with E-state index in [1.54, 1.807) is 18.2 Å². The quantitative estimate of drug-likeness (QED) is 0.602. The number of nitrogens with one attached hydrogen (secondary N) is 2. The zero-order valence-corrected chi connectivity index (χ0v) is 19.1. The zero-order chi connectivity index (χ0) is 22.6. The van der Waals surface area contributed by atoms with Gasteiger partial charge in [0.05, 0.1) is 12.3 Å². The van der Waals surface area contributed by atoms with Gasteiger partial charge in [0.25, 0.3) is 5.91 Å². The molecule has 2 N–H and O–H groups in total. The largest absolute Gasteiger partial charge is 0.491 e. The van der Waals surface area contributed by atoms with Crippen molar-refractivity contribution in [3.8, 4) is 5.75 Å². The monoisotopic (exact) mass is 429 g/mol. The molecule has 31 heavy (non-hydrogen) atoms. The Morgan fingerprint density at radius 1 is 1.23 bits per heavy atom. The molecule has 1 heterocycles. The number of rotatable bonds is 8. The van der Waals surface area contributed by atoms with Crippen molar-refractivity contribution in [3.63, 3.8) is 0 Å². The summed E-state index contributed by atoms with van der Waals surface area (Å²) in [5, 5.41) is 5.68. The van der Waals surface area contributed by atoms with Gasteiger partial charge in [0.15, 0.2) is 0 Å². The van der Waals surface area contributed by atoms with E-state index in [2.05, 4.69) is 31.4 Å². The van der Waals surface area contributed by atoms with Crippen LogP contribution in [0.3, 0.4) is 0 Å². The minimum atomic E-state index is -0.861. The lowest BCUT2D eigenvalue weighted by Gasteiger charge is -2.42. The van der Waals surface area contributed by atoms with E-state index in [-0.39, 0.29) is 17.9 Å². The molecule has 1 aliphatic heterocycles. The topological polar surface area (TPSA) is 87.7 Å². The first-order valence-corrected chi connectivity index (χ1v) is 11.4. The van der Waals surface area contributed by atoms with Crippen molar-refractivity contribution >= 4 is 23.5 Å². The number of hydrogen-bond donors (Lipinski definition) is 2. The van der Waals surface area contributed by atoms with Crippen molar-refractivity contribution in [2.45, 2.75) is 71.8 Å². The van der Waals surface area contributed by atoms with Gasteiger partial charge in [-0.1, -0.05) is 46.2 Å². The van der Waals surface area contributed by atoms with E-state index in [9.17, 15) is 14.4 Å². The van der Waals surface area contributed by atoms with Crippen LogP contribution >= 0.6 is 0 Å². The smallest absolute Gasteiger partial charge is 0.325 e. The molecule has 2 fully saturated rings. The molecule has 7 heteroatoms. The highest BCUT2D eigenvalue weighted by Crippen LogP contribution is 2.45. The fraction of sp³-hybridized carbons (Fsp3) is 0.625. The first-order valence-electron chi connectivity index (χ1n) is 11.4. The van der Waals surface area contributed by atoms with Crippen LogP contribution < -0.4 is 15.4 Å². The van der Waals surface area contributed by atoms with Crippen LogP contribution in [-0.4, -0.2) is 41.4 Å². The van der Waals surface area contributed by atoms with E-state index in [1.165, 1.54) is 0 Å². The maximum atomic E-state index is 13.2. The number of amides is 4. The lowest BCUT2D eigenvalue weighted by Crippen LogP contribution is -2.51. The summed E-state index contributed by atoms with van der Waals surface area (Å²) in [6, 6.07) is 6.67. The third-order valence-corrected chi connectivity index (χ3v) is 7.03. The molecule has 3 rings (SSSR count). The molecule has 0 atom stereocenters. The van der Waals surface area contributed by atoms with Gasteiger partial charge in [-0.25, -0.2) is 4.79 Å². The number of nitrogens with zero attached hydrogens (tertiary/aromatic N) is 1. The Labute approximate surface area is 184 Å². The third kappa shape index (κ3) is 4.86. The fourth-order valence-corrected chi connectivity index (χ4v) is 4.58. The number of carbonyl (C=O) groups is 3. The van der Waals surface area contributed by atoms with Gasteiger partial charge >= 0.3 is 6.03 Å². The fourth-order valence-electron chi connectivity index (χ4n) is 4.58. The summed E-state index contributed by atoms with van der Waals surface area (Å²) in [5.74, 6) is 0.401. The average molecular weight is 430 g/mol. The summed E-state index contributed by atoms with van der Waals surface area (Å²) in [6.45, 7) is 8.97. The van der Waals surface area contributed by atoms with Gasteiger partial charge in [0, 0.05) is 0 Å². The van der Waals surface area contributed by atoms with Gasteiger partial charge in [0.1, 0.15) is 17.8 Å². The van der Waals surface area contributed by atoms with Crippen LogP contribution in [-0.2, 0) is 9.59 Å². The maximum absolute atomic E-state index is 13.2. The zero-order valence-electron chi connectivity index (χ0n) is 19.1. The van der Waals surface area contributed by atoms with Crippen LogP contribution in [0.15, 0.2) is 24.3 Å². The summed E-state index contributed by atoms with van der Waals surface area (Å²) in [5.41, 5.74) is -0.107. The van der Waals surface area contributed by atoms with E-state index >= 15 is 0 Å². The maximum Gasteiger partial charge on any atom is 0.325 e. The molecule has 1 aliphatic carbocycles. The second-order valence-corrected chi connectivity index (χ2v) is 9.41. The van der Waals surface area contributed by atoms with Crippen molar-refractivity contribution < 1.29 is 19.1 Å². The number of urea groups is 1. The van der Waals surface area contributed by atoms with Crippen molar-refractivity contribution in [2.24, 2.45) is 11.3 Å². The van der Waals surface area contributed by atoms with E-state index in [1.807, 2.05) is 13.0 Å². The summed E-state index contributed by atoms with van der Waals surface area (Å²) in [4.78, 5) is 39.4. The highest BCUT2D eigenvalue weighted by molar-refractivity contribution is 6.10. The van der Waals surface area contributed by atoms with Crippen LogP contribution in [0.5, 0.6) is 5.75 Å². The van der Waals surface area contributed by atoms with Crippen LogP contribution in [0.25, 0.3) is 0 Å². The highest BCUT2D eigenvalue weighted by Gasteiger charge is 2.53. The minimum Gasteiger partial charge on any atom is -0.491 e. The van der Waals surface area contributed by atoms with E-state index in [0.717, 1.165) is 30.6 Å². The Morgan fingerprint density at radius 3 is 2.55 bits per heavy atom. The van der Waals surface area contributed by atoms with Gasteiger partial charge < -0.3 is 15.4 Å². The molecule has 1 spiro atoms. The molecule has 170 valence electrons. The Morgan fingerprint density at radius 2 is 1.90 bits per heavy atom. The van der Waals surface area contributed by atoms with Gasteiger partial charge in [0.2, 0.25) is 5.91 Å². The number of anilines is 1. The molecule has 1 saturated heterocycles. The summed E-state index contributed by atoms with van der Waals surface area (Å²) in [6.07, 6.45) is 4.98. The van der Waals surface area contributed by atoms with Crippen LogP contribution in [0.2, 0.25) is 0 Å². The number of hydrogen-bond acceptors (Lipinski definition) is 4. The van der Waals surface area contributed by atoms with Crippen LogP contribution in [0.4, 0.5) is 10.5 Å².